The molecule has 3 rings (SSSR count). The normalized spacial score (nSPS) is 28.8. The number of nitrogens with one attached hydrogen (secondary N) is 2. The molecular weight excluding hydrogens is 805 g/mol. The molecular formula is C54H96N2O8. The molecule has 0 aromatic heterocycles. The molecule has 0 bridgehead atoms. The summed E-state index contributed by atoms with van der Waals surface area (Å²) in [4.78, 5) is 60.0. The Morgan fingerprint density at radius 2 is 0.750 bits per heavy atom. The monoisotopic (exact) mass is 901 g/mol. The highest BCUT2D eigenvalue weighted by molar-refractivity contribution is 6.00. The van der Waals surface area contributed by atoms with E-state index in [1.165, 1.54) is 76.4 Å². The summed E-state index contributed by atoms with van der Waals surface area (Å²) < 4.78 is 0. The SMILES string of the molecule is CCCCCCCCCCCCCC1(C(=O)O)C=CC(C(=O)O)(C2CC(C)(C)NC(C)(C)C2)C(CCCCCCCCCCCCC)(C(=O)O)C1(C(=O)O)C1CC(C)(C)NC(C)(C)C1. The van der Waals surface area contributed by atoms with Gasteiger partial charge in [-0.15, -0.1) is 0 Å². The van der Waals surface area contributed by atoms with Crippen LogP contribution in [0.15, 0.2) is 12.2 Å². The van der Waals surface area contributed by atoms with Crippen LogP contribution in [-0.2, 0) is 19.2 Å². The highest BCUT2D eigenvalue weighted by Gasteiger charge is 2.84. The molecule has 0 aromatic carbocycles. The molecule has 2 heterocycles. The third-order valence-corrected chi connectivity index (χ3v) is 16.1. The third-order valence-electron chi connectivity index (χ3n) is 16.1. The van der Waals surface area contributed by atoms with Crippen molar-refractivity contribution in [2.75, 3.05) is 0 Å². The lowest BCUT2D eigenvalue weighted by molar-refractivity contribution is -0.242. The van der Waals surface area contributed by atoms with Crippen LogP contribution in [0, 0.1) is 33.5 Å². The van der Waals surface area contributed by atoms with Gasteiger partial charge in [-0.1, -0.05) is 167 Å². The van der Waals surface area contributed by atoms with Gasteiger partial charge in [0.2, 0.25) is 0 Å². The first kappa shape index (κ1) is 55.9. The molecule has 0 spiro atoms. The maximum atomic E-state index is 15.3. The molecule has 10 nitrogen and oxygen atoms in total. The number of aliphatic carboxylic acids is 4. The van der Waals surface area contributed by atoms with Gasteiger partial charge in [-0.25, -0.2) is 0 Å². The van der Waals surface area contributed by atoms with Gasteiger partial charge in [0.25, 0.3) is 0 Å². The number of carboxylic acids is 4. The van der Waals surface area contributed by atoms with Crippen LogP contribution in [0.2, 0.25) is 0 Å². The first-order chi connectivity index (χ1) is 29.9. The summed E-state index contributed by atoms with van der Waals surface area (Å²) in [5.41, 5.74) is -12.1. The van der Waals surface area contributed by atoms with Crippen LogP contribution in [0.1, 0.15) is 249 Å². The van der Waals surface area contributed by atoms with Gasteiger partial charge in [0, 0.05) is 22.2 Å². The minimum Gasteiger partial charge on any atom is -0.481 e. The number of carbonyl (C=O) groups is 4. The fraction of sp³-hybridized carbons (Fsp3) is 0.889. The van der Waals surface area contributed by atoms with Gasteiger partial charge in [0.1, 0.15) is 21.7 Å². The van der Waals surface area contributed by atoms with E-state index in [4.69, 9.17) is 0 Å². The molecule has 10 heteroatoms. The molecule has 2 fully saturated rings. The highest BCUT2D eigenvalue weighted by atomic mass is 16.4. The second-order valence-electron chi connectivity index (χ2n) is 23.7. The molecule has 4 unspecified atom stereocenters. The Bertz CT molecular complexity index is 1520. The van der Waals surface area contributed by atoms with Crippen molar-refractivity contribution in [3.8, 4) is 0 Å². The van der Waals surface area contributed by atoms with Crippen LogP contribution in [0.25, 0.3) is 0 Å². The Morgan fingerprint density at radius 3 is 1.06 bits per heavy atom. The molecule has 64 heavy (non-hydrogen) atoms. The van der Waals surface area contributed by atoms with Gasteiger partial charge in [-0.05, 0) is 106 Å². The molecule has 0 radical (unpaired) electrons. The van der Waals surface area contributed by atoms with Gasteiger partial charge in [-0.3, -0.25) is 19.2 Å². The summed E-state index contributed by atoms with van der Waals surface area (Å²) in [5, 5.41) is 56.1. The van der Waals surface area contributed by atoms with Crippen molar-refractivity contribution in [2.45, 2.75) is 271 Å². The predicted molar refractivity (Wildman–Crippen MR) is 260 cm³/mol. The number of hydrogen-bond donors (Lipinski definition) is 6. The quantitative estimate of drug-likeness (QED) is 0.0301. The second-order valence-corrected chi connectivity index (χ2v) is 23.7. The number of hydrogen-bond acceptors (Lipinski definition) is 6. The van der Waals surface area contributed by atoms with Gasteiger partial charge in [0.15, 0.2) is 0 Å². The molecule has 1 aliphatic carbocycles. The first-order valence-corrected chi connectivity index (χ1v) is 26.1. The zero-order valence-electron chi connectivity index (χ0n) is 42.5. The van der Waals surface area contributed by atoms with E-state index in [0.29, 0.717) is 19.3 Å². The molecule has 3 aliphatic rings. The molecule has 2 saturated heterocycles. The van der Waals surface area contributed by atoms with Crippen LogP contribution < -0.4 is 10.6 Å². The summed E-state index contributed by atoms with van der Waals surface area (Å²) in [6, 6.07) is 0. The average Bonchev–Trinajstić information content (AvgIpc) is 3.15. The van der Waals surface area contributed by atoms with Crippen LogP contribution >= 0.6 is 0 Å². The van der Waals surface area contributed by atoms with E-state index < -0.39 is 79.5 Å². The van der Waals surface area contributed by atoms with E-state index in [2.05, 4.69) is 24.5 Å². The van der Waals surface area contributed by atoms with E-state index >= 15 is 9.59 Å². The van der Waals surface area contributed by atoms with E-state index in [1.807, 2.05) is 55.4 Å². The van der Waals surface area contributed by atoms with Gasteiger partial charge < -0.3 is 31.1 Å². The van der Waals surface area contributed by atoms with E-state index in [9.17, 15) is 30.0 Å². The standard InChI is InChI=1S/C54H96N2O8/c1-11-13-15-17-19-21-23-25-27-29-31-33-51(43(57)58)35-36-52(44(59)60,41-37-47(3,4)55-48(5,6)38-41)53(45(61)62,34-32-30-28-26-24-22-20-18-16-14-12-2)54(51,46(63)64)42-39-49(7,8)56-50(9,10)40-42/h35-36,41-42,55-56H,11-34,37-40H2,1-10H3,(H,57,58)(H,59,60)(H,61,62)(H,63,64). The Labute approximate surface area is 389 Å². The number of piperidine rings is 2. The van der Waals surface area contributed by atoms with Crippen molar-refractivity contribution in [3.63, 3.8) is 0 Å². The summed E-state index contributed by atoms with van der Waals surface area (Å²) in [7, 11) is 0. The number of unbranched alkanes of at least 4 members (excludes halogenated alkanes) is 20. The Hall–Kier alpha value is -2.46. The third kappa shape index (κ3) is 12.5. The lowest BCUT2D eigenvalue weighted by Gasteiger charge is -2.68. The van der Waals surface area contributed by atoms with Crippen LogP contribution in [0.3, 0.4) is 0 Å². The van der Waals surface area contributed by atoms with E-state index in [-0.39, 0.29) is 44.9 Å². The van der Waals surface area contributed by atoms with Crippen molar-refractivity contribution in [2.24, 2.45) is 33.5 Å². The van der Waals surface area contributed by atoms with Gasteiger partial charge >= 0.3 is 23.9 Å². The minimum absolute atomic E-state index is 0.0842. The van der Waals surface area contributed by atoms with Crippen LogP contribution in [0.4, 0.5) is 0 Å². The summed E-state index contributed by atoms with van der Waals surface area (Å²) in [6.07, 6.45) is 25.7. The summed E-state index contributed by atoms with van der Waals surface area (Å²) in [5.74, 6) is -7.55. The van der Waals surface area contributed by atoms with Crippen molar-refractivity contribution >= 4 is 23.9 Å². The minimum atomic E-state index is -2.53. The molecule has 6 N–H and O–H groups in total. The molecule has 2 aliphatic heterocycles. The fourth-order valence-corrected chi connectivity index (χ4v) is 14.3. The molecule has 370 valence electrons. The summed E-state index contributed by atoms with van der Waals surface area (Å²) in [6.45, 7) is 20.3. The largest absolute Gasteiger partial charge is 0.481 e. The predicted octanol–water partition coefficient (Wildman–Crippen LogP) is 13.4. The van der Waals surface area contributed by atoms with Crippen molar-refractivity contribution in [1.29, 1.82) is 0 Å². The summed E-state index contributed by atoms with van der Waals surface area (Å²) >= 11 is 0. The van der Waals surface area contributed by atoms with E-state index in [1.54, 1.807) is 0 Å². The Kier molecular flexibility index (Phi) is 20.5. The zero-order chi connectivity index (χ0) is 48.1. The molecule has 0 amide bonds. The van der Waals surface area contributed by atoms with E-state index in [0.717, 1.165) is 51.4 Å². The van der Waals surface area contributed by atoms with Crippen molar-refractivity contribution in [3.05, 3.63) is 12.2 Å². The maximum absolute atomic E-state index is 15.3. The van der Waals surface area contributed by atoms with Gasteiger partial charge in [-0.2, -0.15) is 0 Å². The fourth-order valence-electron chi connectivity index (χ4n) is 14.3. The van der Waals surface area contributed by atoms with Gasteiger partial charge in [0.05, 0.1) is 0 Å². The highest BCUT2D eigenvalue weighted by Crippen LogP contribution is 2.75. The lowest BCUT2D eigenvalue weighted by atomic mass is 9.31. The van der Waals surface area contributed by atoms with Crippen LogP contribution in [-0.4, -0.2) is 66.5 Å². The number of carboxylic acid groups (broad SMARTS) is 4. The second kappa shape index (κ2) is 23.5. The molecule has 0 saturated carbocycles. The van der Waals surface area contributed by atoms with Crippen LogP contribution in [0.5, 0.6) is 0 Å². The lowest BCUT2D eigenvalue weighted by Crippen LogP contribution is -2.78. The molecule has 4 atom stereocenters. The van der Waals surface area contributed by atoms with Crippen molar-refractivity contribution in [1.82, 2.24) is 10.6 Å². The molecule has 0 aromatic rings. The topological polar surface area (TPSA) is 173 Å². The Balaban J connectivity index is 2.30. The zero-order valence-corrected chi connectivity index (χ0v) is 42.5. The first-order valence-electron chi connectivity index (χ1n) is 26.1. The maximum Gasteiger partial charge on any atom is 0.315 e. The number of rotatable bonds is 30. The Morgan fingerprint density at radius 1 is 0.422 bits per heavy atom. The van der Waals surface area contributed by atoms with Crippen molar-refractivity contribution < 1.29 is 39.6 Å². The smallest absolute Gasteiger partial charge is 0.315 e. The average molecular weight is 901 g/mol.